The third-order valence-corrected chi connectivity index (χ3v) is 2.77. The second kappa shape index (κ2) is 2.55. The predicted molar refractivity (Wildman–Crippen MR) is 43.6 cm³/mol. The number of rotatable bonds is 1. The molecule has 4 nitrogen and oxygen atoms in total. The molecule has 2 amide bonds. The highest BCUT2D eigenvalue weighted by atomic mass is 16.2. The van der Waals surface area contributed by atoms with Crippen molar-refractivity contribution in [3.63, 3.8) is 0 Å². The van der Waals surface area contributed by atoms with Gasteiger partial charge < -0.3 is 0 Å². The molecule has 1 atom stereocenters. The molecule has 4 heteroatoms. The zero-order valence-electron chi connectivity index (χ0n) is 7.63. The Morgan fingerprint density at radius 2 is 2.00 bits per heavy atom. The van der Waals surface area contributed by atoms with Crippen LogP contribution in [0.3, 0.4) is 0 Å². The minimum absolute atomic E-state index is 0.141. The third kappa shape index (κ3) is 1.03. The number of amides is 2. The van der Waals surface area contributed by atoms with E-state index in [1.54, 1.807) is 6.92 Å². The van der Waals surface area contributed by atoms with Crippen LogP contribution in [0.25, 0.3) is 0 Å². The summed E-state index contributed by atoms with van der Waals surface area (Å²) in [5.74, 6) is 4.87. The van der Waals surface area contributed by atoms with Crippen LogP contribution in [0.2, 0.25) is 0 Å². The molecule has 1 aliphatic heterocycles. The zero-order chi connectivity index (χ0) is 9.52. The van der Waals surface area contributed by atoms with E-state index in [-0.39, 0.29) is 24.2 Å². The van der Waals surface area contributed by atoms with Crippen molar-refractivity contribution < 1.29 is 9.59 Å². The minimum Gasteiger partial charge on any atom is -0.273 e. The monoisotopic (exact) mass is 170 g/mol. The largest absolute Gasteiger partial charge is 0.273 e. The van der Waals surface area contributed by atoms with Crippen molar-refractivity contribution in [1.29, 1.82) is 0 Å². The van der Waals surface area contributed by atoms with Crippen LogP contribution in [-0.2, 0) is 9.59 Å². The Balaban J connectivity index is 2.97. The second-order valence-electron chi connectivity index (χ2n) is 3.82. The highest BCUT2D eigenvalue weighted by Gasteiger charge is 2.49. The van der Waals surface area contributed by atoms with Gasteiger partial charge in [-0.2, -0.15) is 0 Å². The van der Waals surface area contributed by atoms with Crippen molar-refractivity contribution in [2.75, 3.05) is 0 Å². The average Bonchev–Trinajstić information content (AvgIpc) is 2.17. The number of nitrogens with zero attached hydrogens (tertiary/aromatic N) is 1. The standard InChI is InChI=1S/C8H14N2O2/c1-5(2)8(3)4-6(11)10(9)7(8)12/h5H,4,9H2,1-3H3. The molecule has 0 aromatic carbocycles. The molecule has 0 aliphatic carbocycles. The molecule has 0 radical (unpaired) electrons. The Morgan fingerprint density at radius 3 is 2.17 bits per heavy atom. The SMILES string of the molecule is CC(C)C1(C)CC(=O)N(N)C1=O. The summed E-state index contributed by atoms with van der Waals surface area (Å²) in [6.45, 7) is 5.62. The van der Waals surface area contributed by atoms with E-state index < -0.39 is 5.41 Å². The van der Waals surface area contributed by atoms with Crippen LogP contribution in [0.1, 0.15) is 27.2 Å². The smallest absolute Gasteiger partial charge is 0.250 e. The Kier molecular flexibility index (Phi) is 1.96. The van der Waals surface area contributed by atoms with Crippen molar-refractivity contribution in [1.82, 2.24) is 5.01 Å². The Morgan fingerprint density at radius 1 is 1.50 bits per heavy atom. The van der Waals surface area contributed by atoms with Gasteiger partial charge in [0.05, 0.1) is 5.41 Å². The van der Waals surface area contributed by atoms with E-state index in [1.165, 1.54) is 0 Å². The summed E-state index contributed by atoms with van der Waals surface area (Å²) < 4.78 is 0. The molecule has 1 rings (SSSR count). The van der Waals surface area contributed by atoms with Gasteiger partial charge in [0, 0.05) is 6.42 Å². The van der Waals surface area contributed by atoms with Gasteiger partial charge in [0.1, 0.15) is 0 Å². The summed E-state index contributed by atoms with van der Waals surface area (Å²) in [7, 11) is 0. The molecule has 0 aromatic rings. The number of carbonyl (C=O) groups excluding carboxylic acids is 2. The van der Waals surface area contributed by atoms with Gasteiger partial charge >= 0.3 is 0 Å². The van der Waals surface area contributed by atoms with Gasteiger partial charge in [0.2, 0.25) is 11.8 Å². The number of carbonyl (C=O) groups is 2. The maximum absolute atomic E-state index is 11.5. The van der Waals surface area contributed by atoms with E-state index in [9.17, 15) is 9.59 Å². The number of hydrogen-bond donors (Lipinski definition) is 1. The molecule has 1 aliphatic rings. The lowest BCUT2D eigenvalue weighted by molar-refractivity contribution is -0.142. The van der Waals surface area contributed by atoms with E-state index in [0.29, 0.717) is 0 Å². The third-order valence-electron chi connectivity index (χ3n) is 2.77. The van der Waals surface area contributed by atoms with E-state index in [4.69, 9.17) is 5.84 Å². The molecule has 2 N–H and O–H groups in total. The van der Waals surface area contributed by atoms with Crippen LogP contribution in [0.5, 0.6) is 0 Å². The molecular weight excluding hydrogens is 156 g/mol. The van der Waals surface area contributed by atoms with Crippen molar-refractivity contribution in [2.45, 2.75) is 27.2 Å². The Labute approximate surface area is 71.7 Å². The van der Waals surface area contributed by atoms with Crippen LogP contribution in [-0.4, -0.2) is 16.8 Å². The molecule has 1 unspecified atom stereocenters. The van der Waals surface area contributed by atoms with E-state index in [1.807, 2.05) is 13.8 Å². The molecule has 0 bridgehead atoms. The number of hydrogen-bond acceptors (Lipinski definition) is 3. The first-order chi connectivity index (χ1) is 5.39. The number of hydrazine groups is 1. The first kappa shape index (κ1) is 9.19. The van der Waals surface area contributed by atoms with Gasteiger partial charge in [-0.15, -0.1) is 0 Å². The molecule has 0 spiro atoms. The Bertz CT molecular complexity index is 237. The maximum atomic E-state index is 11.5. The average molecular weight is 170 g/mol. The quantitative estimate of drug-likeness (QED) is 0.349. The summed E-state index contributed by atoms with van der Waals surface area (Å²) in [4.78, 5) is 22.5. The van der Waals surface area contributed by atoms with Crippen LogP contribution < -0.4 is 5.84 Å². The normalized spacial score (nSPS) is 30.6. The predicted octanol–water partition coefficient (Wildman–Crippen LogP) is 0.281. The van der Waals surface area contributed by atoms with E-state index >= 15 is 0 Å². The first-order valence-corrected chi connectivity index (χ1v) is 4.01. The highest BCUT2D eigenvalue weighted by Crippen LogP contribution is 2.37. The van der Waals surface area contributed by atoms with Crippen LogP contribution in [0, 0.1) is 11.3 Å². The molecule has 1 saturated heterocycles. The van der Waals surface area contributed by atoms with Gasteiger partial charge in [-0.25, -0.2) is 10.9 Å². The molecule has 1 heterocycles. The van der Waals surface area contributed by atoms with Crippen molar-refractivity contribution >= 4 is 11.8 Å². The fourth-order valence-corrected chi connectivity index (χ4v) is 1.31. The molecule has 1 fully saturated rings. The van der Waals surface area contributed by atoms with Gasteiger partial charge in [0.25, 0.3) is 0 Å². The highest BCUT2D eigenvalue weighted by molar-refractivity contribution is 6.05. The van der Waals surface area contributed by atoms with Crippen molar-refractivity contribution in [3.05, 3.63) is 0 Å². The lowest BCUT2D eigenvalue weighted by atomic mass is 9.78. The molecule has 12 heavy (non-hydrogen) atoms. The lowest BCUT2D eigenvalue weighted by Crippen LogP contribution is -2.41. The van der Waals surface area contributed by atoms with Crippen LogP contribution >= 0.6 is 0 Å². The fraction of sp³-hybridized carbons (Fsp3) is 0.750. The van der Waals surface area contributed by atoms with Crippen LogP contribution in [0.15, 0.2) is 0 Å². The summed E-state index contributed by atoms with van der Waals surface area (Å²) in [5, 5.41) is 0.736. The van der Waals surface area contributed by atoms with Gasteiger partial charge in [0.15, 0.2) is 0 Å². The van der Waals surface area contributed by atoms with Gasteiger partial charge in [-0.05, 0) is 12.8 Å². The minimum atomic E-state index is -0.591. The van der Waals surface area contributed by atoms with Gasteiger partial charge in [-0.3, -0.25) is 9.59 Å². The topological polar surface area (TPSA) is 63.4 Å². The van der Waals surface area contributed by atoms with Gasteiger partial charge in [-0.1, -0.05) is 13.8 Å². The molecule has 0 aromatic heterocycles. The summed E-state index contributed by atoms with van der Waals surface area (Å²) in [5.41, 5.74) is -0.591. The van der Waals surface area contributed by atoms with Crippen molar-refractivity contribution in [3.8, 4) is 0 Å². The molecule has 68 valence electrons. The second-order valence-corrected chi connectivity index (χ2v) is 3.82. The fourth-order valence-electron chi connectivity index (χ4n) is 1.31. The maximum Gasteiger partial charge on any atom is 0.250 e. The Hall–Kier alpha value is -0.900. The van der Waals surface area contributed by atoms with Crippen LogP contribution in [0.4, 0.5) is 0 Å². The summed E-state index contributed by atoms with van der Waals surface area (Å²) in [6, 6.07) is 0. The first-order valence-electron chi connectivity index (χ1n) is 4.01. The summed E-state index contributed by atoms with van der Waals surface area (Å²) in [6.07, 6.45) is 0.236. The number of imide groups is 1. The molecule has 0 saturated carbocycles. The summed E-state index contributed by atoms with van der Waals surface area (Å²) >= 11 is 0. The zero-order valence-corrected chi connectivity index (χ0v) is 7.63. The van der Waals surface area contributed by atoms with E-state index in [0.717, 1.165) is 5.01 Å². The molecular formula is C8H14N2O2. The van der Waals surface area contributed by atoms with Crippen molar-refractivity contribution in [2.24, 2.45) is 17.2 Å². The lowest BCUT2D eigenvalue weighted by Gasteiger charge is -2.24. The number of nitrogens with two attached hydrogens (primary N) is 1. The van der Waals surface area contributed by atoms with E-state index in [2.05, 4.69) is 0 Å².